The standard InChI is InChI=1S/C23H22ClN5O/c24-23-27-26-21-12-13-22(28-29(21)23)30-20-11-10-16(15-25-18-8-4-5-9-18)14-19(20)17-6-2-1-3-7-17/h1-3,6-7,10-14,18,25H,4-5,8-9,15H2. The van der Waals surface area contributed by atoms with E-state index in [1.807, 2.05) is 24.3 Å². The molecule has 1 aliphatic carbocycles. The molecule has 2 aromatic heterocycles. The molecule has 1 N–H and O–H groups in total. The molecule has 7 heteroatoms. The molecule has 1 fully saturated rings. The lowest BCUT2D eigenvalue weighted by Gasteiger charge is -2.15. The van der Waals surface area contributed by atoms with Crippen LogP contribution >= 0.6 is 11.6 Å². The molecule has 152 valence electrons. The Morgan fingerprint density at radius 1 is 1.00 bits per heavy atom. The van der Waals surface area contributed by atoms with E-state index in [1.165, 1.54) is 35.8 Å². The molecule has 4 aromatic rings. The topological polar surface area (TPSA) is 64.3 Å². The highest BCUT2D eigenvalue weighted by atomic mass is 35.5. The van der Waals surface area contributed by atoms with Crippen molar-refractivity contribution in [1.29, 1.82) is 0 Å². The fraction of sp³-hybridized carbons (Fsp3) is 0.261. The molecule has 0 spiro atoms. The maximum Gasteiger partial charge on any atom is 0.246 e. The molecule has 2 aromatic carbocycles. The van der Waals surface area contributed by atoms with Crippen LogP contribution in [0.4, 0.5) is 0 Å². The zero-order valence-corrected chi connectivity index (χ0v) is 17.2. The van der Waals surface area contributed by atoms with Gasteiger partial charge in [0.05, 0.1) is 0 Å². The Kier molecular flexibility index (Phi) is 5.34. The summed E-state index contributed by atoms with van der Waals surface area (Å²) in [5, 5.41) is 16.1. The van der Waals surface area contributed by atoms with E-state index in [9.17, 15) is 0 Å². The number of aromatic nitrogens is 4. The predicted octanol–water partition coefficient (Wildman–Crippen LogP) is 5.27. The Morgan fingerprint density at radius 2 is 1.83 bits per heavy atom. The Labute approximate surface area is 179 Å². The summed E-state index contributed by atoms with van der Waals surface area (Å²) in [6.45, 7) is 0.852. The number of rotatable bonds is 6. The number of benzene rings is 2. The normalized spacial score (nSPS) is 14.4. The molecule has 1 aliphatic rings. The van der Waals surface area contributed by atoms with Crippen LogP contribution in [0.25, 0.3) is 16.8 Å². The minimum absolute atomic E-state index is 0.201. The van der Waals surface area contributed by atoms with Crippen molar-refractivity contribution in [2.45, 2.75) is 38.3 Å². The van der Waals surface area contributed by atoms with Crippen molar-refractivity contribution in [1.82, 2.24) is 25.1 Å². The van der Waals surface area contributed by atoms with Crippen molar-refractivity contribution in [2.75, 3.05) is 0 Å². The van der Waals surface area contributed by atoms with E-state index in [2.05, 4.69) is 44.9 Å². The molecule has 2 heterocycles. The fourth-order valence-corrected chi connectivity index (χ4v) is 4.09. The van der Waals surface area contributed by atoms with Gasteiger partial charge in [0.25, 0.3) is 0 Å². The van der Waals surface area contributed by atoms with Crippen molar-refractivity contribution in [2.24, 2.45) is 0 Å². The Bertz CT molecular complexity index is 1150. The lowest BCUT2D eigenvalue weighted by molar-refractivity contribution is 0.453. The van der Waals surface area contributed by atoms with E-state index in [1.54, 1.807) is 12.1 Å². The molecule has 30 heavy (non-hydrogen) atoms. The molecular weight excluding hydrogens is 398 g/mol. The number of nitrogens with one attached hydrogen (secondary N) is 1. The van der Waals surface area contributed by atoms with Gasteiger partial charge in [-0.25, -0.2) is 0 Å². The Balaban J connectivity index is 1.45. The maximum atomic E-state index is 6.16. The van der Waals surface area contributed by atoms with Gasteiger partial charge in [-0.2, -0.15) is 4.52 Å². The molecule has 0 bridgehead atoms. The third kappa shape index (κ3) is 4.01. The Morgan fingerprint density at radius 3 is 2.67 bits per heavy atom. The highest BCUT2D eigenvalue weighted by Crippen LogP contribution is 2.34. The minimum Gasteiger partial charge on any atom is -0.437 e. The zero-order chi connectivity index (χ0) is 20.3. The van der Waals surface area contributed by atoms with E-state index < -0.39 is 0 Å². The number of hydrogen-bond acceptors (Lipinski definition) is 5. The van der Waals surface area contributed by atoms with Crippen LogP contribution in [0.15, 0.2) is 60.7 Å². The van der Waals surface area contributed by atoms with Gasteiger partial charge in [0.2, 0.25) is 11.2 Å². The van der Waals surface area contributed by atoms with Crippen molar-refractivity contribution in [3.63, 3.8) is 0 Å². The van der Waals surface area contributed by atoms with Crippen LogP contribution in [0.5, 0.6) is 11.6 Å². The van der Waals surface area contributed by atoms with Gasteiger partial charge in [0.1, 0.15) is 5.75 Å². The van der Waals surface area contributed by atoms with E-state index in [0.29, 0.717) is 17.6 Å². The third-order valence-corrected chi connectivity index (χ3v) is 5.73. The molecule has 0 saturated heterocycles. The zero-order valence-electron chi connectivity index (χ0n) is 16.5. The number of hydrogen-bond donors (Lipinski definition) is 1. The van der Waals surface area contributed by atoms with Gasteiger partial charge >= 0.3 is 0 Å². The van der Waals surface area contributed by atoms with Gasteiger partial charge in [-0.15, -0.1) is 15.3 Å². The van der Waals surface area contributed by atoms with Crippen molar-refractivity contribution in [3.8, 4) is 22.8 Å². The van der Waals surface area contributed by atoms with Crippen LogP contribution in [0, 0.1) is 0 Å². The van der Waals surface area contributed by atoms with Gasteiger partial charge in [0, 0.05) is 24.2 Å². The first-order valence-electron chi connectivity index (χ1n) is 10.2. The smallest absolute Gasteiger partial charge is 0.246 e. The van der Waals surface area contributed by atoms with E-state index >= 15 is 0 Å². The first kappa shape index (κ1) is 19.0. The average Bonchev–Trinajstić information content (AvgIpc) is 3.44. The highest BCUT2D eigenvalue weighted by Gasteiger charge is 2.15. The van der Waals surface area contributed by atoms with Crippen LogP contribution in [0.1, 0.15) is 31.2 Å². The highest BCUT2D eigenvalue weighted by molar-refractivity contribution is 6.28. The molecule has 0 radical (unpaired) electrons. The van der Waals surface area contributed by atoms with Crippen LogP contribution in [0.2, 0.25) is 5.28 Å². The third-order valence-electron chi connectivity index (χ3n) is 5.49. The quantitative estimate of drug-likeness (QED) is 0.461. The molecule has 6 nitrogen and oxygen atoms in total. The summed E-state index contributed by atoms with van der Waals surface area (Å²) < 4.78 is 7.62. The largest absolute Gasteiger partial charge is 0.437 e. The molecule has 0 aliphatic heterocycles. The second-order valence-corrected chi connectivity index (χ2v) is 7.91. The summed E-state index contributed by atoms with van der Waals surface area (Å²) in [7, 11) is 0. The monoisotopic (exact) mass is 419 g/mol. The van der Waals surface area contributed by atoms with E-state index in [-0.39, 0.29) is 5.28 Å². The molecule has 1 saturated carbocycles. The maximum absolute atomic E-state index is 6.16. The van der Waals surface area contributed by atoms with Crippen molar-refractivity contribution in [3.05, 3.63) is 71.5 Å². The Hall–Kier alpha value is -2.96. The number of fused-ring (bicyclic) bond motifs is 1. The summed E-state index contributed by atoms with van der Waals surface area (Å²) in [6, 6.07) is 20.7. The molecule has 0 amide bonds. The van der Waals surface area contributed by atoms with Crippen LogP contribution in [-0.4, -0.2) is 25.9 Å². The predicted molar refractivity (Wildman–Crippen MR) is 117 cm³/mol. The summed E-state index contributed by atoms with van der Waals surface area (Å²) >= 11 is 6.05. The van der Waals surface area contributed by atoms with E-state index in [0.717, 1.165) is 23.4 Å². The summed E-state index contributed by atoms with van der Waals surface area (Å²) in [6.07, 6.45) is 5.19. The van der Waals surface area contributed by atoms with Crippen molar-refractivity contribution < 1.29 is 4.74 Å². The second kappa shape index (κ2) is 8.42. The van der Waals surface area contributed by atoms with E-state index in [4.69, 9.17) is 16.3 Å². The first-order valence-corrected chi connectivity index (χ1v) is 10.6. The van der Waals surface area contributed by atoms with Crippen LogP contribution < -0.4 is 10.1 Å². The average molecular weight is 420 g/mol. The van der Waals surface area contributed by atoms with Crippen LogP contribution in [-0.2, 0) is 6.54 Å². The lowest BCUT2D eigenvalue weighted by atomic mass is 10.0. The summed E-state index contributed by atoms with van der Waals surface area (Å²) in [5.41, 5.74) is 3.93. The van der Waals surface area contributed by atoms with Gasteiger partial charge < -0.3 is 10.1 Å². The molecule has 0 unspecified atom stereocenters. The summed E-state index contributed by atoms with van der Waals surface area (Å²) in [5.74, 6) is 1.17. The lowest BCUT2D eigenvalue weighted by Crippen LogP contribution is -2.25. The SMILES string of the molecule is Clc1nnc2ccc(Oc3ccc(CNC4CCCC4)cc3-c3ccccc3)nn12. The van der Waals surface area contributed by atoms with Crippen LogP contribution in [0.3, 0.4) is 0 Å². The van der Waals surface area contributed by atoms with Gasteiger partial charge in [-0.05, 0) is 53.8 Å². The molecule has 0 atom stereocenters. The van der Waals surface area contributed by atoms with Gasteiger partial charge in [-0.1, -0.05) is 49.2 Å². The van der Waals surface area contributed by atoms with Crippen molar-refractivity contribution >= 4 is 17.2 Å². The minimum atomic E-state index is 0.201. The first-order chi connectivity index (χ1) is 14.8. The number of nitrogens with zero attached hydrogens (tertiary/aromatic N) is 4. The molecule has 5 rings (SSSR count). The summed E-state index contributed by atoms with van der Waals surface area (Å²) in [4.78, 5) is 0. The molecular formula is C23H22ClN5O. The fourth-order valence-electron chi connectivity index (χ4n) is 3.92. The van der Waals surface area contributed by atoms with Gasteiger partial charge in [0.15, 0.2) is 5.65 Å². The number of halogens is 1. The second-order valence-electron chi connectivity index (χ2n) is 7.57. The van der Waals surface area contributed by atoms with Gasteiger partial charge in [-0.3, -0.25) is 0 Å². The number of ether oxygens (including phenoxy) is 1.